The Morgan fingerprint density at radius 3 is 2.48 bits per heavy atom. The molecule has 3 heteroatoms. The number of carbonyl (C=O) groups excluding carboxylic acids is 1. The zero-order chi connectivity index (χ0) is 15.8. The molecule has 1 heterocycles. The van der Waals surface area contributed by atoms with Crippen molar-refractivity contribution in [1.82, 2.24) is 0 Å². The van der Waals surface area contributed by atoms with Gasteiger partial charge >= 0.3 is 0 Å². The molecule has 2 nitrogen and oxygen atoms in total. The number of fused-ring (bicyclic) bond motifs is 3. The maximum atomic E-state index is 11.3. The first-order chi connectivity index (χ1) is 11.2. The molecule has 0 aliphatic carbocycles. The maximum Gasteiger partial charge on any atom is 0.221 e. The van der Waals surface area contributed by atoms with Gasteiger partial charge in [0.25, 0.3) is 0 Å². The SMILES string of the molecule is NC(=O)Cc1cccc2c1sc1cc(-c3ccccc3)ccc12. The predicted molar refractivity (Wildman–Crippen MR) is 97.7 cm³/mol. The summed E-state index contributed by atoms with van der Waals surface area (Å²) in [6.45, 7) is 0. The number of nitrogens with two attached hydrogens (primary N) is 1. The Hall–Kier alpha value is -2.65. The molecule has 0 bridgehead atoms. The smallest absolute Gasteiger partial charge is 0.221 e. The first-order valence-corrected chi connectivity index (χ1v) is 8.32. The second-order valence-electron chi connectivity index (χ2n) is 5.62. The minimum atomic E-state index is -0.292. The monoisotopic (exact) mass is 317 g/mol. The van der Waals surface area contributed by atoms with Gasteiger partial charge in [0.2, 0.25) is 5.91 Å². The topological polar surface area (TPSA) is 43.1 Å². The minimum absolute atomic E-state index is 0.287. The summed E-state index contributed by atoms with van der Waals surface area (Å²) in [5.74, 6) is -0.292. The Morgan fingerprint density at radius 1 is 0.870 bits per heavy atom. The van der Waals surface area contributed by atoms with Crippen LogP contribution in [0.4, 0.5) is 0 Å². The van der Waals surface area contributed by atoms with Gasteiger partial charge in [-0.15, -0.1) is 11.3 Å². The molecule has 0 spiro atoms. The Balaban J connectivity index is 1.93. The lowest BCUT2D eigenvalue weighted by molar-refractivity contribution is -0.117. The Kier molecular flexibility index (Phi) is 3.36. The van der Waals surface area contributed by atoms with Crippen molar-refractivity contribution in [3.05, 3.63) is 72.3 Å². The van der Waals surface area contributed by atoms with Gasteiger partial charge in [0.05, 0.1) is 6.42 Å². The number of benzene rings is 3. The predicted octanol–water partition coefficient (Wildman–Crippen LogP) is 4.75. The second-order valence-corrected chi connectivity index (χ2v) is 6.67. The van der Waals surface area contributed by atoms with Crippen molar-refractivity contribution in [1.29, 1.82) is 0 Å². The van der Waals surface area contributed by atoms with Crippen LogP contribution < -0.4 is 5.73 Å². The summed E-state index contributed by atoms with van der Waals surface area (Å²) < 4.78 is 2.39. The fourth-order valence-corrected chi connectivity index (χ4v) is 4.25. The quantitative estimate of drug-likeness (QED) is 0.582. The van der Waals surface area contributed by atoms with Crippen LogP contribution >= 0.6 is 11.3 Å². The second kappa shape index (κ2) is 5.52. The van der Waals surface area contributed by atoms with E-state index in [-0.39, 0.29) is 12.3 Å². The molecule has 23 heavy (non-hydrogen) atoms. The number of rotatable bonds is 3. The number of hydrogen-bond donors (Lipinski definition) is 1. The van der Waals surface area contributed by atoms with E-state index in [9.17, 15) is 4.79 Å². The third-order valence-electron chi connectivity index (χ3n) is 4.05. The van der Waals surface area contributed by atoms with Crippen LogP contribution in [0.1, 0.15) is 5.56 Å². The molecular weight excluding hydrogens is 302 g/mol. The number of primary amides is 1. The molecule has 3 aromatic carbocycles. The lowest BCUT2D eigenvalue weighted by atomic mass is 10.0. The first-order valence-electron chi connectivity index (χ1n) is 7.50. The summed E-state index contributed by atoms with van der Waals surface area (Å²) in [7, 11) is 0. The van der Waals surface area contributed by atoms with Gasteiger partial charge in [-0.1, -0.05) is 60.7 Å². The first kappa shape index (κ1) is 14.0. The summed E-state index contributed by atoms with van der Waals surface area (Å²) in [6.07, 6.45) is 0.287. The molecule has 0 unspecified atom stereocenters. The van der Waals surface area contributed by atoms with Crippen LogP contribution in [0.5, 0.6) is 0 Å². The molecule has 0 aliphatic rings. The van der Waals surface area contributed by atoms with Crippen LogP contribution in [0.3, 0.4) is 0 Å². The summed E-state index contributed by atoms with van der Waals surface area (Å²) in [6, 6.07) is 23.0. The van der Waals surface area contributed by atoms with E-state index >= 15 is 0 Å². The van der Waals surface area contributed by atoms with Crippen molar-refractivity contribution in [2.45, 2.75) is 6.42 Å². The normalized spacial score (nSPS) is 11.1. The zero-order valence-corrected chi connectivity index (χ0v) is 13.3. The van der Waals surface area contributed by atoms with E-state index in [2.05, 4.69) is 48.5 Å². The molecule has 4 aromatic rings. The van der Waals surface area contributed by atoms with Crippen LogP contribution in [0.2, 0.25) is 0 Å². The van der Waals surface area contributed by atoms with Crippen molar-refractivity contribution >= 4 is 37.4 Å². The van der Waals surface area contributed by atoms with E-state index in [0.29, 0.717) is 0 Å². The molecule has 4 rings (SSSR count). The van der Waals surface area contributed by atoms with Crippen LogP contribution in [0, 0.1) is 0 Å². The number of hydrogen-bond acceptors (Lipinski definition) is 2. The molecule has 0 saturated carbocycles. The lowest BCUT2D eigenvalue weighted by Crippen LogP contribution is -2.13. The van der Waals surface area contributed by atoms with Crippen molar-refractivity contribution < 1.29 is 4.79 Å². The highest BCUT2D eigenvalue weighted by Crippen LogP contribution is 2.38. The van der Waals surface area contributed by atoms with Crippen molar-refractivity contribution in [2.24, 2.45) is 5.73 Å². The van der Waals surface area contributed by atoms with Crippen molar-refractivity contribution in [3.63, 3.8) is 0 Å². The summed E-state index contributed by atoms with van der Waals surface area (Å²) in [5.41, 5.74) is 8.81. The molecule has 112 valence electrons. The van der Waals surface area contributed by atoms with Gasteiger partial charge in [0.15, 0.2) is 0 Å². The largest absolute Gasteiger partial charge is 0.369 e. The van der Waals surface area contributed by atoms with Gasteiger partial charge < -0.3 is 5.73 Å². The van der Waals surface area contributed by atoms with Crippen LogP contribution in [-0.4, -0.2) is 5.91 Å². The van der Waals surface area contributed by atoms with Gasteiger partial charge in [0.1, 0.15) is 0 Å². The molecule has 0 fully saturated rings. The molecule has 2 N–H and O–H groups in total. The fourth-order valence-electron chi connectivity index (χ4n) is 2.99. The number of carbonyl (C=O) groups is 1. The third-order valence-corrected chi connectivity index (χ3v) is 5.30. The molecule has 0 aliphatic heterocycles. The molecule has 0 radical (unpaired) electrons. The van der Waals surface area contributed by atoms with Gasteiger partial charge in [-0.25, -0.2) is 0 Å². The summed E-state index contributed by atoms with van der Waals surface area (Å²) in [4.78, 5) is 11.3. The van der Waals surface area contributed by atoms with Gasteiger partial charge in [-0.2, -0.15) is 0 Å². The van der Waals surface area contributed by atoms with Crippen LogP contribution in [-0.2, 0) is 11.2 Å². The molecule has 1 amide bonds. The molecule has 0 atom stereocenters. The van der Waals surface area contributed by atoms with Crippen molar-refractivity contribution in [3.8, 4) is 11.1 Å². The average molecular weight is 317 g/mol. The van der Waals surface area contributed by atoms with E-state index in [1.165, 1.54) is 26.6 Å². The van der Waals surface area contributed by atoms with Crippen LogP contribution in [0.15, 0.2) is 66.7 Å². The van der Waals surface area contributed by atoms with E-state index in [4.69, 9.17) is 5.73 Å². The highest BCUT2D eigenvalue weighted by Gasteiger charge is 2.11. The Labute approximate surface area is 138 Å². The fraction of sp³-hybridized carbons (Fsp3) is 0.0500. The Morgan fingerprint density at radius 2 is 1.70 bits per heavy atom. The Bertz CT molecular complexity index is 1020. The van der Waals surface area contributed by atoms with E-state index < -0.39 is 0 Å². The standard InChI is InChI=1S/C20H15NOS/c21-19(22)12-15-7-4-8-17-16-10-9-14(11-18(16)23-20(15)17)13-5-2-1-3-6-13/h1-11H,12H2,(H2,21,22). The van der Waals surface area contributed by atoms with Gasteiger partial charge in [0, 0.05) is 20.2 Å². The summed E-state index contributed by atoms with van der Waals surface area (Å²) >= 11 is 1.73. The van der Waals surface area contributed by atoms with E-state index in [1.807, 2.05) is 18.2 Å². The highest BCUT2D eigenvalue weighted by atomic mass is 32.1. The molecule has 0 saturated heterocycles. The van der Waals surface area contributed by atoms with Crippen LogP contribution in [0.25, 0.3) is 31.3 Å². The number of amides is 1. The average Bonchev–Trinajstić information content (AvgIpc) is 2.94. The minimum Gasteiger partial charge on any atom is -0.369 e. The van der Waals surface area contributed by atoms with Gasteiger partial charge in [-0.3, -0.25) is 4.79 Å². The van der Waals surface area contributed by atoms with E-state index in [0.717, 1.165) is 10.3 Å². The third kappa shape index (κ3) is 2.49. The van der Waals surface area contributed by atoms with Crippen molar-refractivity contribution in [2.75, 3.05) is 0 Å². The molecule has 1 aromatic heterocycles. The number of thiophene rings is 1. The lowest BCUT2D eigenvalue weighted by Gasteiger charge is -2.01. The molecular formula is C20H15NOS. The summed E-state index contributed by atoms with van der Waals surface area (Å²) in [5, 5.41) is 2.43. The maximum absolute atomic E-state index is 11.3. The highest BCUT2D eigenvalue weighted by molar-refractivity contribution is 7.26. The zero-order valence-electron chi connectivity index (χ0n) is 12.5. The van der Waals surface area contributed by atoms with Gasteiger partial charge in [-0.05, 0) is 22.8 Å². The van der Waals surface area contributed by atoms with E-state index in [1.54, 1.807) is 11.3 Å².